The summed E-state index contributed by atoms with van der Waals surface area (Å²) < 4.78 is 17.1. The molecule has 0 bridgehead atoms. The van der Waals surface area contributed by atoms with E-state index in [0.717, 1.165) is 25.7 Å². The van der Waals surface area contributed by atoms with E-state index in [1.165, 1.54) is 0 Å². The molecule has 33 heavy (non-hydrogen) atoms. The van der Waals surface area contributed by atoms with E-state index in [0.29, 0.717) is 25.9 Å². The van der Waals surface area contributed by atoms with E-state index in [2.05, 4.69) is 0 Å². The van der Waals surface area contributed by atoms with E-state index in [1.807, 2.05) is 0 Å². The second kappa shape index (κ2) is 32.8. The zero-order valence-corrected chi connectivity index (χ0v) is 26.5. The molecular weight excluding hydrogens is 574 g/mol. The van der Waals surface area contributed by atoms with Crippen LogP contribution in [0.15, 0.2) is 0 Å². The van der Waals surface area contributed by atoms with Crippen LogP contribution in [0.4, 0.5) is 0 Å². The molecule has 0 aliphatic carbocycles. The summed E-state index contributed by atoms with van der Waals surface area (Å²) >= 11 is 0. The fraction of sp³-hybridized carbons (Fsp3) is 0.833. The number of phosphoric acid groups is 2. The summed E-state index contributed by atoms with van der Waals surface area (Å²) in [6.07, 6.45) is 4.33. The molecule has 2 unspecified atom stereocenters. The molecule has 0 aromatic carbocycles. The van der Waals surface area contributed by atoms with E-state index in [-0.39, 0.29) is 113 Å². The molecule has 0 rings (SSSR count). The molecule has 0 aliphatic rings. The number of hydrogen-bond donors (Lipinski definition) is 6. The second-order valence-electron chi connectivity index (χ2n) is 5.35. The Morgan fingerprint density at radius 2 is 0.818 bits per heavy atom. The Kier molecular flexibility index (Phi) is 51.9. The monoisotopic (exact) mass is 602 g/mol. The van der Waals surface area contributed by atoms with Crippen LogP contribution >= 0.6 is 15.6 Å². The number of carboxylic acids is 2. The Morgan fingerprint density at radius 1 is 0.636 bits per heavy atom. The van der Waals surface area contributed by atoms with Crippen LogP contribution in [-0.2, 0) is 18.7 Å². The van der Waals surface area contributed by atoms with Gasteiger partial charge in [0.2, 0.25) is 0 Å². The van der Waals surface area contributed by atoms with Gasteiger partial charge in [-0.3, -0.25) is 9.59 Å². The number of aliphatic carboxylic acids is 2. The molecule has 0 amide bonds. The molecule has 2 atom stereocenters. The molecule has 0 saturated carbocycles. The third-order valence-corrected chi connectivity index (χ3v) is 2.57. The maximum Gasteiger partial charge on any atom is 2.00 e. The van der Waals surface area contributed by atoms with E-state index >= 15 is 0 Å². The molecule has 0 aromatic rings. The van der Waals surface area contributed by atoms with Gasteiger partial charge < -0.3 is 71.6 Å². The summed E-state index contributed by atoms with van der Waals surface area (Å²) in [6, 6.07) is -1.43. The van der Waals surface area contributed by atoms with Gasteiger partial charge in [0.15, 0.2) is 0 Å². The minimum atomic E-state index is -5.39. The van der Waals surface area contributed by atoms with Gasteiger partial charge in [0.05, 0.1) is 0 Å². The number of rotatable bonds is 10. The molecule has 0 heterocycles. The maximum atomic E-state index is 10.1. The average Bonchev–Trinajstić information content (AvgIpc) is 2.52. The Bertz CT molecular complexity index is 479. The van der Waals surface area contributed by atoms with Gasteiger partial charge in [-0.25, -0.2) is 0 Å². The molecule has 184 valence electrons. The van der Waals surface area contributed by atoms with Crippen molar-refractivity contribution in [1.82, 2.24) is 0 Å². The van der Waals surface area contributed by atoms with E-state index in [9.17, 15) is 9.59 Å². The number of carbonyl (C=O) groups is 2. The zero-order valence-electron chi connectivity index (χ0n) is 18.1. The van der Waals surface area contributed by atoms with Crippen LogP contribution in [0.2, 0.25) is 0 Å². The third kappa shape index (κ3) is 86.5. The summed E-state index contributed by atoms with van der Waals surface area (Å²) in [6.45, 7) is 1.21. The molecule has 0 aromatic heterocycles. The van der Waals surface area contributed by atoms with Crippen molar-refractivity contribution in [3.05, 3.63) is 0 Å². The maximum absolute atomic E-state index is 10.1. The van der Waals surface area contributed by atoms with Crippen LogP contribution < -0.4 is 52.3 Å². The summed E-state index contributed by atoms with van der Waals surface area (Å²) in [5.41, 5.74) is 20.8. The molecule has 0 radical (unpaired) electrons. The number of nitrogens with two attached hydrogens (primary N) is 4. The van der Waals surface area contributed by atoms with Crippen LogP contribution in [0.25, 0.3) is 0 Å². The Balaban J connectivity index is -0.0000000556. The summed E-state index contributed by atoms with van der Waals surface area (Å²) in [5, 5.41) is 16.7. The molecule has 21 heteroatoms. The normalized spacial score (nSPS) is 11.5. The van der Waals surface area contributed by atoms with Crippen LogP contribution in [0, 0.1) is 0 Å². The van der Waals surface area contributed by atoms with Gasteiger partial charge in [0.1, 0.15) is 12.1 Å². The molecule has 0 aliphatic heterocycles. The number of hydrogen-bond acceptors (Lipinski definition) is 14. The molecule has 10 N–H and O–H groups in total. The van der Waals surface area contributed by atoms with Gasteiger partial charge >= 0.3 is 125 Å². The molecule has 0 fully saturated rings. The van der Waals surface area contributed by atoms with E-state index in [1.54, 1.807) is 0 Å². The first kappa shape index (κ1) is 52.3. The number of carboxylic acid groups (broad SMARTS) is 2. The van der Waals surface area contributed by atoms with Crippen LogP contribution in [0.5, 0.6) is 0 Å². The topological polar surface area (TPSA) is 351 Å². The van der Waals surface area contributed by atoms with E-state index in [4.69, 9.17) is 71.6 Å². The van der Waals surface area contributed by atoms with E-state index < -0.39 is 39.7 Å². The minimum Gasteiger partial charge on any atom is -0.822 e. The molecule has 0 spiro atoms. The van der Waals surface area contributed by atoms with Crippen molar-refractivity contribution < 1.29 is 58.3 Å². The first-order valence-corrected chi connectivity index (χ1v) is 11.1. The predicted octanol–water partition coefficient (Wildman–Crippen LogP) is -7.74. The smallest absolute Gasteiger partial charge is 0.822 e. The van der Waals surface area contributed by atoms with Gasteiger partial charge in [-0.05, 0) is 38.8 Å². The van der Waals surface area contributed by atoms with Crippen molar-refractivity contribution >= 4 is 141 Å². The van der Waals surface area contributed by atoms with Crippen molar-refractivity contribution in [2.75, 3.05) is 13.1 Å². The van der Waals surface area contributed by atoms with Gasteiger partial charge in [0.25, 0.3) is 0 Å². The molecule has 0 saturated heterocycles. The van der Waals surface area contributed by atoms with Gasteiger partial charge in [0, 0.05) is 0 Å². The molecule has 16 nitrogen and oxygen atoms in total. The fourth-order valence-corrected chi connectivity index (χ4v) is 1.26. The first-order valence-electron chi connectivity index (χ1n) is 8.19. The van der Waals surface area contributed by atoms with Crippen LogP contribution in [0.1, 0.15) is 38.5 Å². The van der Waals surface area contributed by atoms with Crippen LogP contribution in [0.3, 0.4) is 0 Å². The third-order valence-electron chi connectivity index (χ3n) is 2.57. The van der Waals surface area contributed by atoms with Crippen LogP contribution in [-0.4, -0.2) is 161 Å². The zero-order chi connectivity index (χ0) is 25.0. The Hall–Kier alpha value is 2.78. The van der Waals surface area contributed by atoms with Gasteiger partial charge in [-0.15, -0.1) is 0 Å². The average molecular weight is 603 g/mol. The minimum absolute atomic E-state index is 0. The van der Waals surface area contributed by atoms with Crippen molar-refractivity contribution in [3.8, 4) is 0 Å². The largest absolute Gasteiger partial charge is 2.00 e. The summed E-state index contributed by atoms with van der Waals surface area (Å²) in [4.78, 5) is 71.6. The number of unbranched alkanes of at least 4 members (excludes halogenated alkanes) is 2. The van der Waals surface area contributed by atoms with Gasteiger partial charge in [-0.1, -0.05) is 12.8 Å². The molecular formula is C12H28Ca3N4O12P2. The van der Waals surface area contributed by atoms with Crippen molar-refractivity contribution in [3.63, 3.8) is 0 Å². The second-order valence-corrected chi connectivity index (χ2v) is 7.14. The quantitative estimate of drug-likeness (QED) is 0.0767. The SMILES string of the molecule is NCCCCC(N)C(=O)O.NCCCCC(N)C(=O)O.O=P([O-])([O-])[O-].O=P([O-])([O-])[O-].[Ca+2].[Ca+2].[Ca+2]. The van der Waals surface area contributed by atoms with Crippen molar-refractivity contribution in [2.24, 2.45) is 22.9 Å². The summed E-state index contributed by atoms with van der Waals surface area (Å²) in [7, 11) is -10.8. The van der Waals surface area contributed by atoms with Gasteiger partial charge in [-0.2, -0.15) is 15.6 Å². The Morgan fingerprint density at radius 3 is 0.939 bits per heavy atom. The first-order chi connectivity index (χ1) is 13.4. The Labute approximate surface area is 281 Å². The fourth-order valence-electron chi connectivity index (χ4n) is 1.26. The standard InChI is InChI=1S/2C6H14N2O2.3Ca.2H3O4P/c2*7-4-2-1-3-5(8)6(9)10;;;;2*1-5(2,3)4/h2*5H,1-4,7-8H2,(H,9,10);;;;2*(H3,1,2,3,4)/q;;3*+2;;/p-6. The predicted molar refractivity (Wildman–Crippen MR) is 110 cm³/mol. The van der Waals surface area contributed by atoms with Crippen molar-refractivity contribution in [1.29, 1.82) is 0 Å². The van der Waals surface area contributed by atoms with Crippen molar-refractivity contribution in [2.45, 2.75) is 50.6 Å². The summed E-state index contributed by atoms with van der Waals surface area (Å²) in [5.74, 6) is -1.87.